The number of rotatable bonds is 2. The van der Waals surface area contributed by atoms with E-state index in [1.54, 1.807) is 0 Å². The number of anilines is 3. The van der Waals surface area contributed by atoms with E-state index < -0.39 is 29.0 Å². The largest absolute Gasteiger partial charge is 0.397 e. The molecule has 0 radical (unpaired) electrons. The second kappa shape index (κ2) is 4.79. The molecule has 0 fully saturated rings. The Balaban J connectivity index is 2.44. The van der Waals surface area contributed by atoms with Crippen LogP contribution in [-0.4, -0.2) is 0 Å². The second-order valence-electron chi connectivity index (χ2n) is 4.06. The Hall–Kier alpha value is -2.24. The molecule has 0 saturated heterocycles. The topological polar surface area (TPSA) is 38.0 Å². The summed E-state index contributed by atoms with van der Waals surface area (Å²) < 4.78 is 52.7. The van der Waals surface area contributed by atoms with Crippen molar-refractivity contribution in [3.8, 4) is 0 Å². The van der Waals surface area contributed by atoms with Crippen LogP contribution in [-0.2, 0) is 0 Å². The molecule has 0 aliphatic heterocycles. The van der Waals surface area contributed by atoms with Crippen LogP contribution in [0.5, 0.6) is 0 Å². The van der Waals surface area contributed by atoms with E-state index >= 15 is 0 Å². The minimum Gasteiger partial charge on any atom is -0.397 e. The van der Waals surface area contributed by atoms with Gasteiger partial charge in [0.2, 0.25) is 0 Å². The zero-order valence-corrected chi connectivity index (χ0v) is 9.90. The van der Waals surface area contributed by atoms with Crippen LogP contribution in [0.15, 0.2) is 24.3 Å². The molecule has 0 heterocycles. The first-order valence-electron chi connectivity index (χ1n) is 5.35. The quantitative estimate of drug-likeness (QED) is 0.494. The van der Waals surface area contributed by atoms with Crippen molar-refractivity contribution in [2.45, 2.75) is 6.92 Å². The number of halogens is 4. The molecule has 0 saturated carbocycles. The van der Waals surface area contributed by atoms with Crippen molar-refractivity contribution < 1.29 is 17.6 Å². The first-order valence-corrected chi connectivity index (χ1v) is 5.35. The number of nitrogen functional groups attached to an aromatic ring is 1. The first kappa shape index (κ1) is 13.2. The highest BCUT2D eigenvalue weighted by atomic mass is 19.2. The number of nitrogens with two attached hydrogens (primary N) is 1. The van der Waals surface area contributed by atoms with Crippen LogP contribution >= 0.6 is 0 Å². The molecule has 0 amide bonds. The van der Waals surface area contributed by atoms with Gasteiger partial charge in [0.1, 0.15) is 11.6 Å². The van der Waals surface area contributed by atoms with Crippen LogP contribution in [0.3, 0.4) is 0 Å². The normalized spacial score (nSPS) is 10.6. The van der Waals surface area contributed by atoms with Gasteiger partial charge >= 0.3 is 0 Å². The molecule has 0 aliphatic carbocycles. The third kappa shape index (κ3) is 2.62. The fourth-order valence-corrected chi connectivity index (χ4v) is 1.60. The zero-order valence-electron chi connectivity index (χ0n) is 9.90. The molecule has 0 aromatic heterocycles. The van der Waals surface area contributed by atoms with E-state index in [9.17, 15) is 17.6 Å². The summed E-state index contributed by atoms with van der Waals surface area (Å²) in [6.45, 7) is 1.49. The minimum absolute atomic E-state index is 0.00664. The van der Waals surface area contributed by atoms with E-state index in [0.717, 1.165) is 12.1 Å². The molecule has 0 bridgehead atoms. The molecule has 3 N–H and O–H groups in total. The Bertz CT molecular complexity index is 641. The third-order valence-electron chi connectivity index (χ3n) is 2.59. The van der Waals surface area contributed by atoms with Crippen LogP contribution in [0.1, 0.15) is 5.56 Å². The monoisotopic (exact) mass is 270 g/mol. The van der Waals surface area contributed by atoms with Gasteiger partial charge in [0.05, 0.1) is 17.1 Å². The van der Waals surface area contributed by atoms with E-state index in [2.05, 4.69) is 5.32 Å². The second-order valence-corrected chi connectivity index (χ2v) is 4.06. The minimum atomic E-state index is -1.32. The Morgan fingerprint density at radius 1 is 0.895 bits per heavy atom. The predicted molar refractivity (Wildman–Crippen MR) is 65.1 cm³/mol. The summed E-state index contributed by atoms with van der Waals surface area (Å²) in [6.07, 6.45) is 0. The molecule has 100 valence electrons. The molecule has 6 heteroatoms. The SMILES string of the molecule is Cc1cc(Nc2cc(F)cc(F)c2F)c(N)cc1F. The van der Waals surface area contributed by atoms with Gasteiger partial charge in [-0.2, -0.15) is 0 Å². The van der Waals surface area contributed by atoms with Gasteiger partial charge in [-0.15, -0.1) is 0 Å². The highest BCUT2D eigenvalue weighted by Crippen LogP contribution is 2.28. The molecule has 19 heavy (non-hydrogen) atoms. The van der Waals surface area contributed by atoms with Gasteiger partial charge in [-0.25, -0.2) is 17.6 Å². The zero-order chi connectivity index (χ0) is 14.2. The molecule has 0 aliphatic rings. The molecule has 2 aromatic rings. The first-order chi connectivity index (χ1) is 8.88. The molecule has 2 rings (SSSR count). The van der Waals surface area contributed by atoms with E-state index in [-0.39, 0.29) is 16.9 Å². The summed E-state index contributed by atoms with van der Waals surface area (Å²) in [5.41, 5.74) is 5.59. The van der Waals surface area contributed by atoms with Crippen LogP contribution < -0.4 is 11.1 Å². The number of hydrogen-bond acceptors (Lipinski definition) is 2. The number of aryl methyl sites for hydroxylation is 1. The molecule has 2 aromatic carbocycles. The lowest BCUT2D eigenvalue weighted by atomic mass is 10.1. The predicted octanol–water partition coefficient (Wildman–Crippen LogP) is 3.88. The molecule has 0 unspecified atom stereocenters. The smallest absolute Gasteiger partial charge is 0.182 e. The lowest BCUT2D eigenvalue weighted by Gasteiger charge is -2.12. The fourth-order valence-electron chi connectivity index (χ4n) is 1.60. The van der Waals surface area contributed by atoms with Crippen molar-refractivity contribution in [2.24, 2.45) is 0 Å². The summed E-state index contributed by atoms with van der Waals surface area (Å²) in [6, 6.07) is 3.59. The molecule has 2 nitrogen and oxygen atoms in total. The van der Waals surface area contributed by atoms with Crippen molar-refractivity contribution >= 4 is 17.1 Å². The summed E-state index contributed by atoms with van der Waals surface area (Å²) in [5, 5.41) is 2.44. The van der Waals surface area contributed by atoms with Gasteiger partial charge in [0.15, 0.2) is 11.6 Å². The average Bonchev–Trinajstić information content (AvgIpc) is 2.32. The van der Waals surface area contributed by atoms with Crippen molar-refractivity contribution in [2.75, 3.05) is 11.1 Å². The number of nitrogens with one attached hydrogen (secondary N) is 1. The van der Waals surface area contributed by atoms with Crippen LogP contribution in [0.25, 0.3) is 0 Å². The molecular formula is C13H10F4N2. The van der Waals surface area contributed by atoms with Crippen LogP contribution in [0.4, 0.5) is 34.6 Å². The van der Waals surface area contributed by atoms with Gasteiger partial charge in [0.25, 0.3) is 0 Å². The highest BCUT2D eigenvalue weighted by molar-refractivity contribution is 5.73. The van der Waals surface area contributed by atoms with Gasteiger partial charge in [0, 0.05) is 12.1 Å². The maximum absolute atomic E-state index is 13.5. The Morgan fingerprint density at radius 3 is 2.26 bits per heavy atom. The lowest BCUT2D eigenvalue weighted by molar-refractivity contribution is 0.498. The fraction of sp³-hybridized carbons (Fsp3) is 0.0769. The maximum Gasteiger partial charge on any atom is 0.182 e. The Morgan fingerprint density at radius 2 is 1.58 bits per heavy atom. The average molecular weight is 270 g/mol. The van der Waals surface area contributed by atoms with E-state index in [1.807, 2.05) is 0 Å². The molecule has 0 atom stereocenters. The summed E-state index contributed by atoms with van der Waals surface area (Å²) in [5.74, 6) is -4.00. The maximum atomic E-state index is 13.5. The molecular weight excluding hydrogens is 260 g/mol. The van der Waals surface area contributed by atoms with Gasteiger partial charge in [-0.3, -0.25) is 0 Å². The lowest BCUT2D eigenvalue weighted by Crippen LogP contribution is -2.02. The van der Waals surface area contributed by atoms with Crippen LogP contribution in [0, 0.1) is 30.2 Å². The van der Waals surface area contributed by atoms with E-state index in [4.69, 9.17) is 5.73 Å². The van der Waals surface area contributed by atoms with Crippen LogP contribution in [0.2, 0.25) is 0 Å². The molecule has 0 spiro atoms. The van der Waals surface area contributed by atoms with Crippen molar-refractivity contribution in [1.82, 2.24) is 0 Å². The van der Waals surface area contributed by atoms with Gasteiger partial charge in [-0.05, 0) is 24.6 Å². The summed E-state index contributed by atoms with van der Waals surface area (Å²) >= 11 is 0. The van der Waals surface area contributed by atoms with Gasteiger partial charge < -0.3 is 11.1 Å². The third-order valence-corrected chi connectivity index (χ3v) is 2.59. The highest BCUT2D eigenvalue weighted by Gasteiger charge is 2.13. The van der Waals surface area contributed by atoms with Crippen molar-refractivity contribution in [3.05, 3.63) is 53.1 Å². The Labute approximate surface area is 106 Å². The van der Waals surface area contributed by atoms with Crippen molar-refractivity contribution in [1.29, 1.82) is 0 Å². The number of benzene rings is 2. The standard InChI is InChI=1S/C13H10F4N2/c1-6-2-11(10(18)5-8(6)15)19-12-4-7(14)3-9(16)13(12)17/h2-5,19H,18H2,1H3. The van der Waals surface area contributed by atoms with E-state index in [1.165, 1.54) is 13.0 Å². The number of hydrogen-bond donors (Lipinski definition) is 2. The van der Waals surface area contributed by atoms with E-state index in [0.29, 0.717) is 6.07 Å². The summed E-state index contributed by atoms with van der Waals surface area (Å²) in [7, 11) is 0. The summed E-state index contributed by atoms with van der Waals surface area (Å²) in [4.78, 5) is 0. The van der Waals surface area contributed by atoms with Gasteiger partial charge in [-0.1, -0.05) is 0 Å². The Kier molecular flexibility index (Phi) is 3.33. The van der Waals surface area contributed by atoms with Crippen molar-refractivity contribution in [3.63, 3.8) is 0 Å².